The number of hydrogen-bond acceptors (Lipinski definition) is 4. The van der Waals surface area contributed by atoms with Gasteiger partial charge in [0.05, 0.1) is 12.3 Å². The van der Waals surface area contributed by atoms with Gasteiger partial charge >= 0.3 is 12.0 Å². The van der Waals surface area contributed by atoms with Gasteiger partial charge in [0.2, 0.25) is 5.91 Å². The molecule has 0 fully saturated rings. The maximum atomic E-state index is 12.8. The van der Waals surface area contributed by atoms with Crippen LogP contribution in [0.15, 0.2) is 59.0 Å². The van der Waals surface area contributed by atoms with Crippen molar-refractivity contribution in [2.75, 3.05) is 11.9 Å². The van der Waals surface area contributed by atoms with Crippen molar-refractivity contribution in [3.8, 4) is 0 Å². The van der Waals surface area contributed by atoms with Crippen LogP contribution in [0.5, 0.6) is 0 Å². The zero-order chi connectivity index (χ0) is 17.8. The molecule has 1 heterocycles. The molecule has 2 aromatic carbocycles. The first-order valence-electron chi connectivity index (χ1n) is 7.93. The third-order valence-corrected chi connectivity index (χ3v) is 4.00. The van der Waals surface area contributed by atoms with Crippen LogP contribution in [0, 0.1) is 5.92 Å². The molecule has 6 heteroatoms. The first-order chi connectivity index (χ1) is 12.0. The van der Waals surface area contributed by atoms with Crippen LogP contribution in [0.25, 0.3) is 11.1 Å². The Bertz CT molecular complexity index is 856. The number of aromatic nitrogens is 1. The molecule has 0 unspecified atom stereocenters. The first-order valence-corrected chi connectivity index (χ1v) is 7.93. The second-order valence-electron chi connectivity index (χ2n) is 5.85. The summed E-state index contributed by atoms with van der Waals surface area (Å²) in [5, 5.41) is 9.17. The van der Waals surface area contributed by atoms with E-state index in [4.69, 9.17) is 9.52 Å². The van der Waals surface area contributed by atoms with E-state index >= 15 is 0 Å². The van der Waals surface area contributed by atoms with Crippen molar-refractivity contribution in [3.63, 3.8) is 0 Å². The number of nitrogens with zero attached hydrogens (tertiary/aromatic N) is 2. The molecule has 0 aliphatic heterocycles. The molecule has 0 bridgehead atoms. The van der Waals surface area contributed by atoms with Crippen LogP contribution in [0.4, 0.5) is 6.01 Å². The fraction of sp³-hybridized carbons (Fsp3) is 0.211. The Hall–Kier alpha value is -3.15. The number of amides is 1. The number of aliphatic carboxylic acids is 1. The van der Waals surface area contributed by atoms with Crippen molar-refractivity contribution in [2.24, 2.45) is 5.92 Å². The van der Waals surface area contributed by atoms with E-state index in [9.17, 15) is 9.59 Å². The highest BCUT2D eigenvalue weighted by molar-refractivity contribution is 5.95. The Morgan fingerprint density at radius 2 is 1.80 bits per heavy atom. The average Bonchev–Trinajstić information content (AvgIpc) is 3.04. The number of carboxylic acid groups (broad SMARTS) is 1. The Morgan fingerprint density at radius 1 is 1.12 bits per heavy atom. The van der Waals surface area contributed by atoms with Crippen LogP contribution in [0.1, 0.15) is 12.0 Å². The number of carbonyl (C=O) groups excluding carboxylic acids is 1. The quantitative estimate of drug-likeness (QED) is 0.746. The summed E-state index contributed by atoms with van der Waals surface area (Å²) in [7, 11) is 1.55. The summed E-state index contributed by atoms with van der Waals surface area (Å²) in [6.07, 6.45) is 0.0921. The van der Waals surface area contributed by atoms with Gasteiger partial charge < -0.3 is 9.52 Å². The number of oxazole rings is 1. The highest BCUT2D eigenvalue weighted by atomic mass is 16.4. The monoisotopic (exact) mass is 338 g/mol. The Balaban J connectivity index is 1.83. The van der Waals surface area contributed by atoms with Crippen LogP contribution >= 0.6 is 0 Å². The van der Waals surface area contributed by atoms with E-state index < -0.39 is 11.9 Å². The molecule has 25 heavy (non-hydrogen) atoms. The summed E-state index contributed by atoms with van der Waals surface area (Å²) < 4.78 is 5.60. The molecule has 6 nitrogen and oxygen atoms in total. The van der Waals surface area contributed by atoms with Crippen molar-refractivity contribution in [3.05, 3.63) is 60.2 Å². The van der Waals surface area contributed by atoms with Gasteiger partial charge in [0, 0.05) is 7.05 Å². The Kier molecular flexibility index (Phi) is 4.79. The van der Waals surface area contributed by atoms with Gasteiger partial charge in [-0.25, -0.2) is 0 Å². The van der Waals surface area contributed by atoms with E-state index in [0.717, 1.165) is 5.56 Å². The highest BCUT2D eigenvalue weighted by Crippen LogP contribution is 2.23. The van der Waals surface area contributed by atoms with E-state index in [2.05, 4.69) is 4.98 Å². The van der Waals surface area contributed by atoms with Crippen molar-refractivity contribution in [2.45, 2.75) is 12.8 Å². The van der Waals surface area contributed by atoms with Gasteiger partial charge in [0.25, 0.3) is 0 Å². The summed E-state index contributed by atoms with van der Waals surface area (Å²) in [5.41, 5.74) is 2.14. The van der Waals surface area contributed by atoms with Gasteiger partial charge in [0.15, 0.2) is 5.58 Å². The SMILES string of the molecule is CN(C(=O)[C@@H](CC(=O)O)Cc1ccccc1)c1nc2ccccc2o1. The zero-order valence-corrected chi connectivity index (χ0v) is 13.8. The molecule has 1 amide bonds. The maximum Gasteiger partial charge on any atom is 0.304 e. The van der Waals surface area contributed by atoms with E-state index in [1.807, 2.05) is 42.5 Å². The fourth-order valence-corrected chi connectivity index (χ4v) is 2.73. The number of hydrogen-bond donors (Lipinski definition) is 1. The molecular formula is C19H18N2O4. The van der Waals surface area contributed by atoms with Gasteiger partial charge in [-0.3, -0.25) is 14.5 Å². The Morgan fingerprint density at radius 3 is 2.48 bits per heavy atom. The van der Waals surface area contributed by atoms with E-state index in [1.165, 1.54) is 4.90 Å². The third kappa shape index (κ3) is 3.85. The van der Waals surface area contributed by atoms with Gasteiger partial charge in [-0.05, 0) is 24.1 Å². The number of carbonyl (C=O) groups is 2. The number of rotatable bonds is 6. The summed E-state index contributed by atoms with van der Waals surface area (Å²) >= 11 is 0. The molecule has 0 saturated heterocycles. The lowest BCUT2D eigenvalue weighted by Gasteiger charge is -2.20. The van der Waals surface area contributed by atoms with Gasteiger partial charge in [-0.2, -0.15) is 4.98 Å². The van der Waals surface area contributed by atoms with Crippen LogP contribution in [0.3, 0.4) is 0 Å². The second-order valence-corrected chi connectivity index (χ2v) is 5.85. The molecule has 1 N–H and O–H groups in total. The van der Waals surface area contributed by atoms with Crippen LogP contribution in [0.2, 0.25) is 0 Å². The van der Waals surface area contributed by atoms with Crippen LogP contribution in [-0.2, 0) is 16.0 Å². The zero-order valence-electron chi connectivity index (χ0n) is 13.8. The second kappa shape index (κ2) is 7.17. The van der Waals surface area contributed by atoms with Crippen molar-refractivity contribution < 1.29 is 19.1 Å². The number of fused-ring (bicyclic) bond motifs is 1. The lowest BCUT2D eigenvalue weighted by Crippen LogP contribution is -2.35. The molecule has 3 rings (SSSR count). The topological polar surface area (TPSA) is 83.6 Å². The predicted molar refractivity (Wildman–Crippen MR) is 93.3 cm³/mol. The van der Waals surface area contributed by atoms with Crippen LogP contribution in [-0.4, -0.2) is 29.0 Å². The molecule has 1 aromatic heterocycles. The van der Waals surface area contributed by atoms with Crippen LogP contribution < -0.4 is 4.90 Å². The van der Waals surface area contributed by atoms with E-state index in [-0.39, 0.29) is 18.3 Å². The minimum atomic E-state index is -1.01. The van der Waals surface area contributed by atoms with Crippen molar-refractivity contribution in [1.82, 2.24) is 4.98 Å². The summed E-state index contributed by atoms with van der Waals surface area (Å²) in [4.78, 5) is 29.6. The maximum absolute atomic E-state index is 12.8. The molecule has 0 aliphatic carbocycles. The molecule has 0 aliphatic rings. The van der Waals surface area contributed by atoms with Crippen molar-refractivity contribution in [1.29, 1.82) is 0 Å². The molecular weight excluding hydrogens is 320 g/mol. The third-order valence-electron chi connectivity index (χ3n) is 4.00. The normalized spacial score (nSPS) is 12.0. The van der Waals surface area contributed by atoms with Gasteiger partial charge in [-0.15, -0.1) is 0 Å². The van der Waals surface area contributed by atoms with Crippen molar-refractivity contribution >= 4 is 29.0 Å². The molecule has 1 atom stereocenters. The van der Waals surface area contributed by atoms with E-state index in [0.29, 0.717) is 17.5 Å². The van der Waals surface area contributed by atoms with Gasteiger partial charge in [0.1, 0.15) is 5.52 Å². The molecule has 3 aromatic rings. The largest absolute Gasteiger partial charge is 0.481 e. The number of anilines is 1. The van der Waals surface area contributed by atoms with Gasteiger partial charge in [-0.1, -0.05) is 42.5 Å². The lowest BCUT2D eigenvalue weighted by atomic mass is 9.95. The standard InChI is InChI=1S/C19H18N2O4/c1-21(19-20-15-9-5-6-10-16(15)25-19)18(24)14(12-17(22)23)11-13-7-3-2-4-8-13/h2-10,14H,11-12H2,1H3,(H,22,23)/t14-/m1/s1. The minimum absolute atomic E-state index is 0.162. The minimum Gasteiger partial charge on any atom is -0.481 e. The molecule has 128 valence electrons. The summed E-state index contributed by atoms with van der Waals surface area (Å²) in [5.74, 6) is -2.04. The number of para-hydroxylation sites is 2. The highest BCUT2D eigenvalue weighted by Gasteiger charge is 2.28. The molecule has 0 radical (unpaired) electrons. The molecule has 0 saturated carbocycles. The summed E-state index contributed by atoms with van der Waals surface area (Å²) in [6, 6.07) is 16.7. The average molecular weight is 338 g/mol. The lowest BCUT2D eigenvalue weighted by molar-refractivity contribution is -0.140. The van der Waals surface area contributed by atoms with E-state index in [1.54, 1.807) is 19.2 Å². The number of carboxylic acids is 1. The molecule has 0 spiro atoms. The fourth-order valence-electron chi connectivity index (χ4n) is 2.73. The number of benzene rings is 2. The predicted octanol–water partition coefficient (Wildman–Crippen LogP) is 3.12. The first kappa shape index (κ1) is 16.7. The Labute approximate surface area is 144 Å². The smallest absolute Gasteiger partial charge is 0.304 e. The summed E-state index contributed by atoms with van der Waals surface area (Å²) in [6.45, 7) is 0.